The van der Waals surface area contributed by atoms with Gasteiger partial charge in [0.2, 0.25) is 5.91 Å². The topological polar surface area (TPSA) is 108 Å². The Morgan fingerprint density at radius 3 is 2.15 bits per heavy atom. The zero-order valence-corrected chi connectivity index (χ0v) is 16.4. The number of urea groups is 1. The molecule has 7 nitrogen and oxygen atoms in total. The molecule has 1 atom stereocenters. The van der Waals surface area contributed by atoms with E-state index >= 15 is 0 Å². The van der Waals surface area contributed by atoms with Crippen LogP contribution in [0.1, 0.15) is 51.4 Å². The van der Waals surface area contributed by atoms with E-state index in [1.165, 1.54) is 31.0 Å². The first-order valence-corrected chi connectivity index (χ1v) is 11.2. The summed E-state index contributed by atoms with van der Waals surface area (Å²) in [6.45, 7) is 0.215. The van der Waals surface area contributed by atoms with Crippen LogP contribution < -0.4 is 16.0 Å². The number of carboxylic acids is 1. The fourth-order valence-corrected chi connectivity index (χ4v) is 7.38. The van der Waals surface area contributed by atoms with E-state index in [-0.39, 0.29) is 30.4 Å². The predicted molar refractivity (Wildman–Crippen MR) is 103 cm³/mol. The Hall–Kier alpha value is -1.44. The Kier molecular flexibility index (Phi) is 5.03. The normalized spacial score (nSPS) is 39.2. The van der Waals surface area contributed by atoms with Crippen molar-refractivity contribution in [2.24, 2.45) is 17.8 Å². The van der Waals surface area contributed by atoms with Gasteiger partial charge >= 0.3 is 12.0 Å². The summed E-state index contributed by atoms with van der Waals surface area (Å²) in [7, 11) is 0. The molecule has 0 aromatic heterocycles. The molecule has 5 rings (SSSR count). The van der Waals surface area contributed by atoms with E-state index in [4.69, 9.17) is 0 Å². The number of rotatable bonds is 6. The van der Waals surface area contributed by atoms with Crippen LogP contribution in [0, 0.1) is 17.8 Å². The largest absolute Gasteiger partial charge is 0.479 e. The smallest absolute Gasteiger partial charge is 0.330 e. The molecule has 0 aromatic carbocycles. The van der Waals surface area contributed by atoms with Gasteiger partial charge in [0.1, 0.15) is 5.54 Å². The minimum absolute atomic E-state index is 0.0461. The molecule has 4 saturated carbocycles. The average Bonchev–Trinajstić information content (AvgIpc) is 3.02. The van der Waals surface area contributed by atoms with Crippen molar-refractivity contribution < 1.29 is 19.5 Å². The van der Waals surface area contributed by atoms with Crippen molar-refractivity contribution in [3.63, 3.8) is 0 Å². The second kappa shape index (κ2) is 7.18. The van der Waals surface area contributed by atoms with Crippen molar-refractivity contribution in [3.05, 3.63) is 0 Å². The van der Waals surface area contributed by atoms with E-state index in [9.17, 15) is 19.5 Å². The first kappa shape index (κ1) is 18.9. The molecule has 5 aliphatic rings. The van der Waals surface area contributed by atoms with E-state index in [1.807, 2.05) is 0 Å². The van der Waals surface area contributed by atoms with Gasteiger partial charge in [0.15, 0.2) is 0 Å². The number of hydrogen-bond donors (Lipinski definition) is 4. The lowest BCUT2D eigenvalue weighted by Gasteiger charge is -2.56. The molecular weight excluding hydrogens is 366 g/mol. The monoisotopic (exact) mass is 395 g/mol. The van der Waals surface area contributed by atoms with Crippen LogP contribution >= 0.6 is 11.8 Å². The summed E-state index contributed by atoms with van der Waals surface area (Å²) in [5.41, 5.74) is -1.20. The summed E-state index contributed by atoms with van der Waals surface area (Å²) in [6, 6.07) is -0.200. The van der Waals surface area contributed by atoms with E-state index < -0.39 is 11.5 Å². The van der Waals surface area contributed by atoms with Gasteiger partial charge in [-0.3, -0.25) is 4.79 Å². The molecular formula is C19H29N3O4S. The van der Waals surface area contributed by atoms with Crippen LogP contribution in [0.25, 0.3) is 0 Å². The fraction of sp³-hybridized carbons (Fsp3) is 0.842. The van der Waals surface area contributed by atoms with Crippen LogP contribution in [0.2, 0.25) is 0 Å². The molecule has 1 aliphatic heterocycles. The minimum atomic E-state index is -1.15. The third-order valence-corrected chi connectivity index (χ3v) is 8.05. The fourth-order valence-electron chi connectivity index (χ4n) is 6.05. The molecule has 1 unspecified atom stereocenters. The lowest BCUT2D eigenvalue weighted by Crippen LogP contribution is -2.61. The van der Waals surface area contributed by atoms with Gasteiger partial charge in [-0.25, -0.2) is 9.59 Å². The molecule has 0 aromatic rings. The van der Waals surface area contributed by atoms with Crippen LogP contribution in [0.4, 0.5) is 4.79 Å². The van der Waals surface area contributed by atoms with Gasteiger partial charge in [-0.2, -0.15) is 11.8 Å². The van der Waals surface area contributed by atoms with Crippen molar-refractivity contribution in [3.8, 4) is 0 Å². The molecule has 0 spiro atoms. The summed E-state index contributed by atoms with van der Waals surface area (Å²) in [5.74, 6) is 2.12. The van der Waals surface area contributed by atoms with Crippen LogP contribution in [0.5, 0.6) is 0 Å². The summed E-state index contributed by atoms with van der Waals surface area (Å²) in [6.07, 6.45) is 7.78. The maximum absolute atomic E-state index is 12.4. The summed E-state index contributed by atoms with van der Waals surface area (Å²) >= 11 is 1.54. The second-order valence-corrected chi connectivity index (χ2v) is 10.2. The van der Waals surface area contributed by atoms with Crippen molar-refractivity contribution in [2.45, 2.75) is 62.4 Å². The average molecular weight is 396 g/mol. The first-order chi connectivity index (χ1) is 12.9. The molecule has 150 valence electrons. The SMILES string of the molecule is O=C(CCNC(=O)NC12CC3CC(CC(C3)C1)C2)NC1(C(=O)O)CCSC1. The van der Waals surface area contributed by atoms with Crippen LogP contribution in [-0.4, -0.2) is 52.1 Å². The molecule has 4 aliphatic carbocycles. The van der Waals surface area contributed by atoms with Crippen LogP contribution in [0.15, 0.2) is 0 Å². The summed E-state index contributed by atoms with van der Waals surface area (Å²) in [5, 5.41) is 18.1. The second-order valence-electron chi connectivity index (χ2n) is 9.07. The molecule has 3 amide bonds. The zero-order chi connectivity index (χ0) is 19.1. The highest BCUT2D eigenvalue weighted by Crippen LogP contribution is 2.55. The number of carboxylic acid groups (broad SMARTS) is 1. The zero-order valence-electron chi connectivity index (χ0n) is 15.6. The maximum atomic E-state index is 12.4. The lowest BCUT2D eigenvalue weighted by molar-refractivity contribution is -0.146. The first-order valence-electron chi connectivity index (χ1n) is 10.1. The van der Waals surface area contributed by atoms with Crippen molar-refractivity contribution >= 4 is 29.7 Å². The molecule has 4 bridgehead atoms. The molecule has 8 heteroatoms. The van der Waals surface area contributed by atoms with Crippen molar-refractivity contribution in [2.75, 3.05) is 18.1 Å². The van der Waals surface area contributed by atoms with Gasteiger partial charge in [-0.15, -0.1) is 0 Å². The summed E-state index contributed by atoms with van der Waals surface area (Å²) < 4.78 is 0. The number of aliphatic carboxylic acids is 1. The van der Waals surface area contributed by atoms with E-state index in [2.05, 4.69) is 16.0 Å². The van der Waals surface area contributed by atoms with Crippen molar-refractivity contribution in [1.29, 1.82) is 0 Å². The van der Waals surface area contributed by atoms with Crippen molar-refractivity contribution in [1.82, 2.24) is 16.0 Å². The van der Waals surface area contributed by atoms with E-state index in [0.29, 0.717) is 12.2 Å². The van der Waals surface area contributed by atoms with Gasteiger partial charge < -0.3 is 21.1 Å². The van der Waals surface area contributed by atoms with Gasteiger partial charge in [0.25, 0.3) is 0 Å². The number of carbonyl (C=O) groups excluding carboxylic acids is 2. The van der Waals surface area contributed by atoms with E-state index in [0.717, 1.165) is 42.8 Å². The van der Waals surface area contributed by atoms with Crippen LogP contribution in [-0.2, 0) is 9.59 Å². The van der Waals surface area contributed by atoms with Crippen LogP contribution in [0.3, 0.4) is 0 Å². The summed E-state index contributed by atoms with van der Waals surface area (Å²) in [4.78, 5) is 36.0. The molecule has 1 saturated heterocycles. The molecule has 5 fully saturated rings. The van der Waals surface area contributed by atoms with E-state index in [1.54, 1.807) is 0 Å². The predicted octanol–water partition coefficient (Wildman–Crippen LogP) is 1.72. The Labute approximate surface area is 163 Å². The molecule has 4 N–H and O–H groups in total. The number of thioether (sulfide) groups is 1. The Balaban J connectivity index is 1.22. The number of nitrogens with one attached hydrogen (secondary N) is 3. The highest BCUT2D eigenvalue weighted by molar-refractivity contribution is 7.99. The highest BCUT2D eigenvalue weighted by atomic mass is 32.2. The maximum Gasteiger partial charge on any atom is 0.330 e. The number of carbonyl (C=O) groups is 3. The molecule has 27 heavy (non-hydrogen) atoms. The Bertz CT molecular complexity index is 597. The quantitative estimate of drug-likeness (QED) is 0.548. The third kappa shape index (κ3) is 3.91. The number of hydrogen-bond acceptors (Lipinski definition) is 4. The third-order valence-electron chi connectivity index (χ3n) is 6.86. The Morgan fingerprint density at radius 2 is 1.63 bits per heavy atom. The van der Waals surface area contributed by atoms with Gasteiger partial charge in [-0.1, -0.05) is 0 Å². The van der Waals surface area contributed by atoms with Gasteiger partial charge in [0.05, 0.1) is 0 Å². The lowest BCUT2D eigenvalue weighted by atomic mass is 9.53. The molecule has 1 heterocycles. The Morgan fingerprint density at radius 1 is 1.00 bits per heavy atom. The standard InChI is InChI=1S/C19H29N3O4S/c23-15(21-19(16(24)25)2-4-27-11-19)1-3-20-17(26)22-18-8-12-5-13(9-18)7-14(6-12)10-18/h12-14H,1-11H2,(H,21,23)(H,24,25)(H2,20,22,26). The van der Waals surface area contributed by atoms with Gasteiger partial charge in [0, 0.05) is 24.3 Å². The van der Waals surface area contributed by atoms with Gasteiger partial charge in [-0.05, 0) is 68.5 Å². The molecule has 0 radical (unpaired) electrons. The highest BCUT2D eigenvalue weighted by Gasteiger charge is 2.51. The minimum Gasteiger partial charge on any atom is -0.479 e. The number of amides is 3.